The molecule has 0 aliphatic heterocycles. The van der Waals surface area contributed by atoms with Crippen LogP contribution in [0, 0.1) is 6.92 Å². The molecular formula is C16H23N5. The van der Waals surface area contributed by atoms with Crippen LogP contribution in [0.4, 0.5) is 17.3 Å². The van der Waals surface area contributed by atoms with Crippen molar-refractivity contribution in [2.24, 2.45) is 5.84 Å². The number of nitrogens with zero attached hydrogens (tertiary/aromatic N) is 3. The molecule has 112 valence electrons. The lowest BCUT2D eigenvalue weighted by Gasteiger charge is -2.26. The number of aromatic nitrogens is 2. The Labute approximate surface area is 126 Å². The topological polar surface area (TPSA) is 67.1 Å². The summed E-state index contributed by atoms with van der Waals surface area (Å²) >= 11 is 0. The van der Waals surface area contributed by atoms with Crippen molar-refractivity contribution in [1.82, 2.24) is 9.97 Å². The summed E-state index contributed by atoms with van der Waals surface area (Å²) in [6.45, 7) is 9.25. The third-order valence-electron chi connectivity index (χ3n) is 3.49. The Hall–Kier alpha value is -2.14. The molecule has 5 nitrogen and oxygen atoms in total. The van der Waals surface area contributed by atoms with Gasteiger partial charge in [-0.05, 0) is 31.9 Å². The number of rotatable bonds is 5. The number of hydrogen-bond acceptors (Lipinski definition) is 5. The molecule has 0 aliphatic rings. The number of hydrazine groups is 1. The third kappa shape index (κ3) is 3.13. The molecule has 1 aromatic carbocycles. The summed E-state index contributed by atoms with van der Waals surface area (Å²) < 4.78 is 0. The van der Waals surface area contributed by atoms with Gasteiger partial charge in [0.25, 0.3) is 0 Å². The zero-order chi connectivity index (χ0) is 15.4. The normalized spacial score (nSPS) is 10.8. The molecule has 0 saturated heterocycles. The van der Waals surface area contributed by atoms with E-state index >= 15 is 0 Å². The zero-order valence-corrected chi connectivity index (χ0v) is 13.1. The average molecular weight is 285 g/mol. The Bertz CT molecular complexity index is 592. The van der Waals surface area contributed by atoms with Crippen LogP contribution in [0.15, 0.2) is 30.6 Å². The van der Waals surface area contributed by atoms with Gasteiger partial charge in [-0.3, -0.25) is 0 Å². The highest BCUT2D eigenvalue weighted by molar-refractivity contribution is 5.68. The first-order valence-corrected chi connectivity index (χ1v) is 7.24. The summed E-state index contributed by atoms with van der Waals surface area (Å²) in [5.41, 5.74) is 6.07. The van der Waals surface area contributed by atoms with Crippen LogP contribution in [0.25, 0.3) is 0 Å². The standard InChI is InChI=1S/C16H23N5/c1-5-21(13-8-6-12(4)7-9-13)16-14(11(2)3)15(20-17)18-10-19-16/h6-11H,5,17H2,1-4H3,(H,18,19,20). The summed E-state index contributed by atoms with van der Waals surface area (Å²) in [6, 6.07) is 8.44. The van der Waals surface area contributed by atoms with Crippen LogP contribution in [0.3, 0.4) is 0 Å². The highest BCUT2D eigenvalue weighted by Crippen LogP contribution is 2.34. The molecule has 3 N–H and O–H groups in total. The largest absolute Gasteiger partial charge is 0.326 e. The van der Waals surface area contributed by atoms with Crippen LogP contribution in [0.1, 0.15) is 37.8 Å². The van der Waals surface area contributed by atoms with Crippen LogP contribution >= 0.6 is 0 Å². The highest BCUT2D eigenvalue weighted by atomic mass is 15.3. The summed E-state index contributed by atoms with van der Waals surface area (Å²) in [6.07, 6.45) is 1.55. The van der Waals surface area contributed by atoms with Crippen molar-refractivity contribution in [3.8, 4) is 0 Å². The van der Waals surface area contributed by atoms with E-state index in [1.807, 2.05) is 0 Å². The first-order chi connectivity index (χ1) is 10.1. The molecule has 1 heterocycles. The SMILES string of the molecule is CCN(c1ccc(C)cc1)c1ncnc(NN)c1C(C)C. The predicted molar refractivity (Wildman–Crippen MR) is 87.8 cm³/mol. The fourth-order valence-corrected chi connectivity index (χ4v) is 2.43. The molecule has 1 aromatic heterocycles. The van der Waals surface area contributed by atoms with Gasteiger partial charge in [-0.1, -0.05) is 31.5 Å². The summed E-state index contributed by atoms with van der Waals surface area (Å²) in [4.78, 5) is 10.9. The lowest BCUT2D eigenvalue weighted by Crippen LogP contribution is -2.22. The molecule has 0 aliphatic carbocycles. The van der Waals surface area contributed by atoms with Crippen molar-refractivity contribution in [2.45, 2.75) is 33.6 Å². The van der Waals surface area contributed by atoms with E-state index in [4.69, 9.17) is 5.84 Å². The van der Waals surface area contributed by atoms with Gasteiger partial charge in [0.1, 0.15) is 18.0 Å². The van der Waals surface area contributed by atoms with Crippen LogP contribution in [0.2, 0.25) is 0 Å². The second-order valence-electron chi connectivity index (χ2n) is 5.34. The Morgan fingerprint density at radius 1 is 1.19 bits per heavy atom. The Balaban J connectivity index is 2.54. The number of aryl methyl sites for hydroxylation is 1. The van der Waals surface area contributed by atoms with Crippen molar-refractivity contribution in [3.63, 3.8) is 0 Å². The van der Waals surface area contributed by atoms with Crippen LogP contribution in [0.5, 0.6) is 0 Å². The van der Waals surface area contributed by atoms with Gasteiger partial charge in [0.2, 0.25) is 0 Å². The number of nitrogens with two attached hydrogens (primary N) is 1. The highest BCUT2D eigenvalue weighted by Gasteiger charge is 2.19. The molecule has 0 amide bonds. The Morgan fingerprint density at radius 2 is 1.86 bits per heavy atom. The second kappa shape index (κ2) is 6.54. The fourth-order valence-electron chi connectivity index (χ4n) is 2.43. The molecule has 0 atom stereocenters. The maximum absolute atomic E-state index is 5.60. The average Bonchev–Trinajstić information content (AvgIpc) is 2.49. The van der Waals surface area contributed by atoms with E-state index in [9.17, 15) is 0 Å². The molecule has 0 radical (unpaired) electrons. The van der Waals surface area contributed by atoms with Gasteiger partial charge in [-0.25, -0.2) is 15.8 Å². The van der Waals surface area contributed by atoms with Gasteiger partial charge in [-0.15, -0.1) is 0 Å². The van der Waals surface area contributed by atoms with E-state index in [1.165, 1.54) is 5.56 Å². The molecule has 0 fully saturated rings. The van der Waals surface area contributed by atoms with Crippen LogP contribution in [-0.2, 0) is 0 Å². The van der Waals surface area contributed by atoms with Gasteiger partial charge in [0.05, 0.1) is 0 Å². The maximum atomic E-state index is 5.60. The molecule has 21 heavy (non-hydrogen) atoms. The molecule has 0 spiro atoms. The maximum Gasteiger partial charge on any atom is 0.148 e. The molecule has 2 aromatic rings. The van der Waals surface area contributed by atoms with E-state index in [0.29, 0.717) is 5.82 Å². The quantitative estimate of drug-likeness (QED) is 0.651. The molecule has 2 rings (SSSR count). The first kappa shape index (κ1) is 15.3. The van der Waals surface area contributed by atoms with Crippen molar-refractivity contribution in [3.05, 3.63) is 41.7 Å². The van der Waals surface area contributed by atoms with Gasteiger partial charge in [0, 0.05) is 17.8 Å². The van der Waals surface area contributed by atoms with Crippen LogP contribution < -0.4 is 16.2 Å². The van der Waals surface area contributed by atoms with E-state index in [0.717, 1.165) is 23.6 Å². The molecule has 0 bridgehead atoms. The van der Waals surface area contributed by atoms with Crippen molar-refractivity contribution in [1.29, 1.82) is 0 Å². The number of nitrogen functional groups attached to an aromatic ring is 1. The lowest BCUT2D eigenvalue weighted by atomic mass is 10.0. The van der Waals surface area contributed by atoms with E-state index < -0.39 is 0 Å². The Kier molecular flexibility index (Phi) is 4.75. The number of benzene rings is 1. The second-order valence-corrected chi connectivity index (χ2v) is 5.34. The number of anilines is 3. The predicted octanol–water partition coefficient (Wildman–Crippen LogP) is 3.35. The van der Waals surface area contributed by atoms with E-state index in [-0.39, 0.29) is 5.92 Å². The molecule has 5 heteroatoms. The minimum atomic E-state index is 0.270. The Morgan fingerprint density at radius 3 is 2.38 bits per heavy atom. The smallest absolute Gasteiger partial charge is 0.148 e. The minimum absolute atomic E-state index is 0.270. The fraction of sp³-hybridized carbons (Fsp3) is 0.375. The van der Waals surface area contributed by atoms with E-state index in [1.54, 1.807) is 6.33 Å². The van der Waals surface area contributed by atoms with Crippen LogP contribution in [-0.4, -0.2) is 16.5 Å². The van der Waals surface area contributed by atoms with Gasteiger partial charge in [-0.2, -0.15) is 0 Å². The van der Waals surface area contributed by atoms with Gasteiger partial charge in [0.15, 0.2) is 0 Å². The lowest BCUT2D eigenvalue weighted by molar-refractivity contribution is 0.830. The van der Waals surface area contributed by atoms with Crippen molar-refractivity contribution >= 4 is 17.3 Å². The number of hydrogen-bond donors (Lipinski definition) is 2. The van der Waals surface area contributed by atoms with Crippen molar-refractivity contribution in [2.75, 3.05) is 16.9 Å². The molecular weight excluding hydrogens is 262 g/mol. The zero-order valence-electron chi connectivity index (χ0n) is 13.1. The van der Waals surface area contributed by atoms with Gasteiger partial charge >= 0.3 is 0 Å². The summed E-state index contributed by atoms with van der Waals surface area (Å²) in [5, 5.41) is 0. The third-order valence-corrected chi connectivity index (χ3v) is 3.49. The summed E-state index contributed by atoms with van der Waals surface area (Å²) in [7, 11) is 0. The van der Waals surface area contributed by atoms with E-state index in [2.05, 4.69) is 72.3 Å². The van der Waals surface area contributed by atoms with Gasteiger partial charge < -0.3 is 10.3 Å². The monoisotopic (exact) mass is 285 g/mol. The van der Waals surface area contributed by atoms with Crippen molar-refractivity contribution < 1.29 is 0 Å². The minimum Gasteiger partial charge on any atom is -0.326 e. The summed E-state index contributed by atoms with van der Waals surface area (Å²) in [5.74, 6) is 7.45. The molecule has 0 saturated carbocycles. The molecule has 0 unspecified atom stereocenters. The first-order valence-electron chi connectivity index (χ1n) is 7.24. The number of nitrogens with one attached hydrogen (secondary N) is 1.